The lowest BCUT2D eigenvalue weighted by Gasteiger charge is -2.13. The van der Waals surface area contributed by atoms with E-state index in [1.807, 2.05) is 32.0 Å². The monoisotopic (exact) mass is 506 g/mol. The van der Waals surface area contributed by atoms with E-state index >= 15 is 0 Å². The van der Waals surface area contributed by atoms with Gasteiger partial charge in [-0.05, 0) is 43.2 Å². The van der Waals surface area contributed by atoms with Gasteiger partial charge in [0.05, 0.1) is 10.7 Å². The fraction of sp³-hybridized carbons (Fsp3) is 0.208. The van der Waals surface area contributed by atoms with Crippen molar-refractivity contribution in [3.8, 4) is 11.4 Å². The molecule has 0 fully saturated rings. The van der Waals surface area contributed by atoms with Crippen molar-refractivity contribution in [1.29, 1.82) is 0 Å². The summed E-state index contributed by atoms with van der Waals surface area (Å²) in [5.41, 5.74) is 2.00. The van der Waals surface area contributed by atoms with Crippen LogP contribution in [0.2, 0.25) is 0 Å². The number of nitrogens with zero attached hydrogens (tertiary/aromatic N) is 5. The number of aromatic nitrogens is 4. The molecule has 0 atom stereocenters. The van der Waals surface area contributed by atoms with Crippen LogP contribution >= 0.6 is 11.8 Å². The van der Waals surface area contributed by atoms with Crippen LogP contribution in [0.15, 0.2) is 57.1 Å². The van der Waals surface area contributed by atoms with Crippen molar-refractivity contribution in [2.75, 3.05) is 11.1 Å². The number of non-ortho nitro benzene ring substituents is 1. The molecule has 0 bridgehead atoms. The van der Waals surface area contributed by atoms with Gasteiger partial charge in [0.2, 0.25) is 5.91 Å². The molecule has 1 N–H and O–H groups in total. The summed E-state index contributed by atoms with van der Waals surface area (Å²) in [6.07, 6.45) is 0. The maximum Gasteiger partial charge on any atom is 0.332 e. The molecule has 0 aliphatic carbocycles. The summed E-state index contributed by atoms with van der Waals surface area (Å²) in [6.45, 7) is 3.86. The van der Waals surface area contributed by atoms with Crippen molar-refractivity contribution in [2.45, 2.75) is 18.9 Å². The molecule has 0 aliphatic rings. The predicted octanol–water partition coefficient (Wildman–Crippen LogP) is 2.95. The van der Waals surface area contributed by atoms with Crippen molar-refractivity contribution in [3.05, 3.63) is 84.5 Å². The van der Waals surface area contributed by atoms with E-state index in [0.29, 0.717) is 11.3 Å². The Kier molecular flexibility index (Phi) is 6.71. The molecule has 0 saturated carbocycles. The molecule has 4 rings (SSSR count). The molecule has 4 aromatic rings. The van der Waals surface area contributed by atoms with Gasteiger partial charge in [-0.25, -0.2) is 14.8 Å². The standard InChI is InChI=1S/C24H22N6O5S/c1-13-6-5-7-17(14(13)2)25-18(31)12-36-22-19-21(28(3)24(33)29(4)23(19)32)26-20(27-22)15-8-10-16(11-9-15)30(34)35/h5-11H,12H2,1-4H3,(H,25,31). The highest BCUT2D eigenvalue weighted by atomic mass is 32.2. The van der Waals surface area contributed by atoms with Crippen molar-refractivity contribution in [2.24, 2.45) is 14.1 Å². The zero-order valence-electron chi connectivity index (χ0n) is 19.9. The highest BCUT2D eigenvalue weighted by Gasteiger charge is 2.20. The van der Waals surface area contributed by atoms with Crippen LogP contribution in [0.25, 0.3) is 22.4 Å². The molecule has 0 unspecified atom stereocenters. The van der Waals surface area contributed by atoms with Crippen molar-refractivity contribution < 1.29 is 9.72 Å². The first-order valence-corrected chi connectivity index (χ1v) is 11.8. The van der Waals surface area contributed by atoms with E-state index < -0.39 is 16.2 Å². The number of carbonyl (C=O) groups excluding carboxylic acids is 1. The van der Waals surface area contributed by atoms with Gasteiger partial charge in [-0.2, -0.15) is 0 Å². The van der Waals surface area contributed by atoms with Crippen molar-refractivity contribution in [1.82, 2.24) is 19.1 Å². The largest absolute Gasteiger partial charge is 0.332 e. The van der Waals surface area contributed by atoms with Crippen LogP contribution in [0.1, 0.15) is 11.1 Å². The van der Waals surface area contributed by atoms with Gasteiger partial charge in [0.25, 0.3) is 11.2 Å². The first kappa shape index (κ1) is 24.8. The molecule has 12 heteroatoms. The number of nitrogens with one attached hydrogen (secondary N) is 1. The van der Waals surface area contributed by atoms with Crippen LogP contribution in [-0.2, 0) is 18.9 Å². The smallest absolute Gasteiger partial charge is 0.325 e. The average molecular weight is 507 g/mol. The third-order valence-corrected chi connectivity index (χ3v) is 6.80. The van der Waals surface area contributed by atoms with Gasteiger partial charge in [-0.15, -0.1) is 0 Å². The number of rotatable bonds is 6. The van der Waals surface area contributed by atoms with Crippen molar-refractivity contribution in [3.63, 3.8) is 0 Å². The quantitative estimate of drug-likeness (QED) is 0.182. The second kappa shape index (κ2) is 9.74. The van der Waals surface area contributed by atoms with Gasteiger partial charge >= 0.3 is 5.69 Å². The third-order valence-electron chi connectivity index (χ3n) is 5.82. The SMILES string of the molecule is Cc1cccc(NC(=O)CSc2nc(-c3ccc([N+](=O)[O-])cc3)nc3c2c(=O)n(C)c(=O)n3C)c1C. The molecular weight excluding hydrogens is 484 g/mol. The molecule has 36 heavy (non-hydrogen) atoms. The third kappa shape index (κ3) is 4.62. The van der Waals surface area contributed by atoms with Gasteiger partial charge in [0.1, 0.15) is 10.4 Å². The lowest BCUT2D eigenvalue weighted by Crippen LogP contribution is -2.37. The normalized spacial score (nSPS) is 11.0. The summed E-state index contributed by atoms with van der Waals surface area (Å²) in [5, 5.41) is 14.2. The maximum absolute atomic E-state index is 13.0. The number of fused-ring (bicyclic) bond motifs is 1. The van der Waals surface area contributed by atoms with Gasteiger partial charge in [0.15, 0.2) is 11.5 Å². The van der Waals surface area contributed by atoms with E-state index in [-0.39, 0.29) is 39.2 Å². The summed E-state index contributed by atoms with van der Waals surface area (Å²) < 4.78 is 2.19. The second-order valence-electron chi connectivity index (χ2n) is 8.15. The van der Waals surface area contributed by atoms with Crippen LogP contribution in [-0.4, -0.2) is 35.7 Å². The number of carbonyl (C=O) groups is 1. The zero-order valence-corrected chi connectivity index (χ0v) is 20.8. The predicted molar refractivity (Wildman–Crippen MR) is 137 cm³/mol. The lowest BCUT2D eigenvalue weighted by atomic mass is 10.1. The number of nitro benzene ring substituents is 1. The number of hydrogen-bond donors (Lipinski definition) is 1. The minimum atomic E-state index is -0.583. The highest BCUT2D eigenvalue weighted by molar-refractivity contribution is 8.00. The van der Waals surface area contributed by atoms with E-state index in [1.54, 1.807) is 0 Å². The highest BCUT2D eigenvalue weighted by Crippen LogP contribution is 2.27. The van der Waals surface area contributed by atoms with Crippen LogP contribution in [0.5, 0.6) is 0 Å². The Morgan fingerprint density at radius 1 is 1.06 bits per heavy atom. The fourth-order valence-electron chi connectivity index (χ4n) is 3.60. The topological polar surface area (TPSA) is 142 Å². The van der Waals surface area contributed by atoms with Gasteiger partial charge in [0, 0.05) is 37.5 Å². The Hall–Kier alpha value is -4.32. The average Bonchev–Trinajstić information content (AvgIpc) is 2.87. The van der Waals surface area contributed by atoms with Crippen LogP contribution in [0.4, 0.5) is 11.4 Å². The molecule has 0 radical (unpaired) electrons. The van der Waals surface area contributed by atoms with Gasteiger partial charge in [-0.3, -0.25) is 28.8 Å². The van der Waals surface area contributed by atoms with Gasteiger partial charge in [-0.1, -0.05) is 23.9 Å². The minimum absolute atomic E-state index is 0.0504. The summed E-state index contributed by atoms with van der Waals surface area (Å²) >= 11 is 1.04. The molecule has 184 valence electrons. The summed E-state index contributed by atoms with van der Waals surface area (Å²) in [5.74, 6) is -0.178. The summed E-state index contributed by atoms with van der Waals surface area (Å²) in [7, 11) is 2.84. The van der Waals surface area contributed by atoms with E-state index in [1.165, 1.54) is 42.9 Å². The number of aryl methyl sites for hydroxylation is 2. The number of anilines is 1. The maximum atomic E-state index is 13.0. The Bertz CT molecular complexity index is 1640. The van der Waals surface area contributed by atoms with Gasteiger partial charge < -0.3 is 5.32 Å². The van der Waals surface area contributed by atoms with Crippen LogP contribution in [0.3, 0.4) is 0 Å². The zero-order chi connectivity index (χ0) is 26.1. The van der Waals surface area contributed by atoms with E-state index in [9.17, 15) is 24.5 Å². The Morgan fingerprint density at radius 2 is 1.75 bits per heavy atom. The number of amides is 1. The van der Waals surface area contributed by atoms with Crippen LogP contribution < -0.4 is 16.6 Å². The Morgan fingerprint density at radius 3 is 2.42 bits per heavy atom. The molecule has 0 saturated heterocycles. The first-order chi connectivity index (χ1) is 17.1. The first-order valence-electron chi connectivity index (χ1n) is 10.8. The van der Waals surface area contributed by atoms with Crippen molar-refractivity contribution >= 4 is 40.1 Å². The number of hydrogen-bond acceptors (Lipinski definition) is 8. The van der Waals surface area contributed by atoms with Crippen LogP contribution in [0, 0.1) is 24.0 Å². The van der Waals surface area contributed by atoms with E-state index in [0.717, 1.165) is 27.5 Å². The molecule has 0 spiro atoms. The second-order valence-corrected chi connectivity index (χ2v) is 9.11. The number of nitro groups is 1. The molecule has 1 amide bonds. The number of thioether (sulfide) groups is 1. The fourth-order valence-corrected chi connectivity index (χ4v) is 4.42. The minimum Gasteiger partial charge on any atom is -0.325 e. The molecule has 2 heterocycles. The Labute approximate surface area is 209 Å². The lowest BCUT2D eigenvalue weighted by molar-refractivity contribution is -0.384. The molecule has 0 aliphatic heterocycles. The van der Waals surface area contributed by atoms with E-state index in [2.05, 4.69) is 15.3 Å². The summed E-state index contributed by atoms with van der Waals surface area (Å²) in [6, 6.07) is 11.2. The molecular formula is C24H22N6O5S. The summed E-state index contributed by atoms with van der Waals surface area (Å²) in [4.78, 5) is 57.7. The number of benzene rings is 2. The molecule has 2 aromatic heterocycles. The Balaban J connectivity index is 1.76. The molecule has 11 nitrogen and oxygen atoms in total. The molecule has 2 aromatic carbocycles. The van der Waals surface area contributed by atoms with E-state index in [4.69, 9.17) is 0 Å².